The van der Waals surface area contributed by atoms with E-state index in [-0.39, 0.29) is 6.61 Å². The van der Waals surface area contributed by atoms with Gasteiger partial charge in [0.2, 0.25) is 0 Å². The highest BCUT2D eigenvalue weighted by Gasteiger charge is 2.46. The summed E-state index contributed by atoms with van der Waals surface area (Å²) in [5.74, 6) is -1.23. The lowest BCUT2D eigenvalue weighted by Gasteiger charge is -2.35. The van der Waals surface area contributed by atoms with Crippen molar-refractivity contribution in [1.29, 1.82) is 0 Å². The summed E-state index contributed by atoms with van der Waals surface area (Å²) in [5.41, 5.74) is -5.53. The van der Waals surface area contributed by atoms with E-state index in [1.807, 2.05) is 0 Å². The van der Waals surface area contributed by atoms with Gasteiger partial charge >= 0.3 is 15.5 Å². The number of hydrogen-bond acceptors (Lipinski definition) is 6. The molecular weight excluding hydrogens is 295 g/mol. The molecule has 0 aromatic heterocycles. The van der Waals surface area contributed by atoms with E-state index in [1.54, 1.807) is 0 Å². The molecule has 0 aliphatic carbocycles. The van der Waals surface area contributed by atoms with Gasteiger partial charge in [0.25, 0.3) is 0 Å². The van der Waals surface area contributed by atoms with E-state index in [9.17, 15) is 31.8 Å². The van der Waals surface area contributed by atoms with Crippen molar-refractivity contribution in [2.24, 2.45) is 10.3 Å². The normalized spacial score (nSPS) is 33.8. The van der Waals surface area contributed by atoms with Crippen LogP contribution in [0.1, 0.15) is 0 Å². The minimum Gasteiger partial charge on any atom is -0.394 e. The third-order valence-corrected chi connectivity index (χ3v) is 3.52. The fourth-order valence-corrected chi connectivity index (χ4v) is 1.85. The number of alkyl halides is 3. The Balaban J connectivity index is 2.79. The lowest BCUT2D eigenvalue weighted by atomic mass is 9.93. The highest BCUT2D eigenvalue weighted by molar-refractivity contribution is 7.91. The molecule has 112 valence electrons. The van der Waals surface area contributed by atoms with Crippen molar-refractivity contribution in [2.45, 2.75) is 23.8 Å². The Morgan fingerprint density at radius 2 is 1.89 bits per heavy atom. The van der Waals surface area contributed by atoms with E-state index in [0.29, 0.717) is 6.21 Å². The lowest BCUT2D eigenvalue weighted by Crippen LogP contribution is -2.52. The molecule has 1 aliphatic rings. The molecule has 1 fully saturated rings. The Hall–Kier alpha value is -0.750. The second-order valence-electron chi connectivity index (χ2n) is 3.87. The summed E-state index contributed by atoms with van der Waals surface area (Å²) in [7, 11) is -5.69. The zero-order valence-corrected chi connectivity index (χ0v) is 10.2. The highest BCUT2D eigenvalue weighted by atomic mass is 32.2. The summed E-state index contributed by atoms with van der Waals surface area (Å²) in [5, 5.41) is 27.7. The largest absolute Gasteiger partial charge is 0.518 e. The van der Waals surface area contributed by atoms with E-state index >= 15 is 0 Å². The number of hydrogen-bond donors (Lipinski definition) is 3. The maximum absolute atomic E-state index is 12.0. The number of ether oxygens (including phenoxy) is 1. The number of rotatable bonds is 3. The fraction of sp³-hybridized carbons (Fsp3) is 0.875. The Bertz CT molecular complexity index is 436. The van der Waals surface area contributed by atoms with Gasteiger partial charge in [0, 0.05) is 12.1 Å². The maximum atomic E-state index is 12.0. The van der Waals surface area contributed by atoms with Crippen molar-refractivity contribution in [2.75, 3.05) is 13.2 Å². The van der Waals surface area contributed by atoms with Crippen LogP contribution in [0, 0.1) is 5.92 Å². The van der Waals surface area contributed by atoms with Crippen LogP contribution in [0.3, 0.4) is 0 Å². The van der Waals surface area contributed by atoms with Gasteiger partial charge in [-0.15, -0.1) is 0 Å². The molecule has 4 atom stereocenters. The van der Waals surface area contributed by atoms with Gasteiger partial charge in [-0.25, -0.2) is 0 Å². The molecule has 11 heteroatoms. The highest BCUT2D eigenvalue weighted by Crippen LogP contribution is 2.25. The van der Waals surface area contributed by atoms with Gasteiger partial charge in [-0.1, -0.05) is 0 Å². The van der Waals surface area contributed by atoms with Crippen LogP contribution in [0.2, 0.25) is 0 Å². The van der Waals surface area contributed by atoms with E-state index in [1.165, 1.54) is 0 Å². The molecule has 1 unspecified atom stereocenters. The first-order valence-corrected chi connectivity index (χ1v) is 6.49. The van der Waals surface area contributed by atoms with Crippen LogP contribution in [0.25, 0.3) is 0 Å². The first-order valence-electron chi connectivity index (χ1n) is 5.05. The van der Waals surface area contributed by atoms with Crippen LogP contribution in [-0.2, 0) is 14.8 Å². The van der Waals surface area contributed by atoms with Crippen molar-refractivity contribution in [3.05, 3.63) is 0 Å². The Kier molecular flexibility index (Phi) is 4.90. The van der Waals surface area contributed by atoms with Crippen molar-refractivity contribution in [1.82, 2.24) is 0 Å². The maximum Gasteiger partial charge on any atom is 0.518 e. The average Bonchev–Trinajstić information content (AvgIpc) is 2.29. The van der Waals surface area contributed by atoms with Crippen LogP contribution >= 0.6 is 0 Å². The van der Waals surface area contributed by atoms with E-state index < -0.39 is 46.4 Å². The van der Waals surface area contributed by atoms with E-state index in [0.717, 1.165) is 0 Å². The molecule has 0 amide bonds. The van der Waals surface area contributed by atoms with Crippen molar-refractivity contribution in [3.8, 4) is 0 Å². The molecule has 0 radical (unpaired) electrons. The lowest BCUT2D eigenvalue weighted by molar-refractivity contribution is -0.160. The van der Waals surface area contributed by atoms with Crippen molar-refractivity contribution in [3.63, 3.8) is 0 Å². The number of halogens is 3. The summed E-state index contributed by atoms with van der Waals surface area (Å²) in [6.07, 6.45) is -3.86. The molecule has 1 saturated heterocycles. The molecule has 0 aromatic rings. The SMILES string of the molecule is O=S(=O)(N=CC1CO[C@H](CO)[C@H](O)[C@@H]1O)C(F)(F)F. The molecule has 1 aliphatic heterocycles. The number of sulfonamides is 1. The average molecular weight is 307 g/mol. The van der Waals surface area contributed by atoms with Gasteiger partial charge in [-0.3, -0.25) is 0 Å². The first kappa shape index (κ1) is 16.3. The predicted octanol–water partition coefficient (Wildman–Crippen LogP) is -1.36. The monoisotopic (exact) mass is 307 g/mol. The Morgan fingerprint density at radius 1 is 1.32 bits per heavy atom. The van der Waals surface area contributed by atoms with Gasteiger partial charge in [0.05, 0.1) is 19.3 Å². The van der Waals surface area contributed by atoms with Crippen LogP contribution in [0.15, 0.2) is 4.40 Å². The van der Waals surface area contributed by atoms with Crippen LogP contribution in [0.4, 0.5) is 13.2 Å². The Morgan fingerprint density at radius 3 is 2.37 bits per heavy atom. The standard InChI is InChI=1S/C8H12F3NO6S/c9-8(10,11)19(16,17)12-1-4-3-18-5(2-13)7(15)6(4)14/h1,4-7,13-15H,2-3H2/t4?,5-,6-,7+/m1/s1. The van der Waals surface area contributed by atoms with Crippen molar-refractivity contribution >= 4 is 16.2 Å². The van der Waals surface area contributed by atoms with Gasteiger partial charge in [0.1, 0.15) is 12.2 Å². The quantitative estimate of drug-likeness (QED) is 0.554. The van der Waals surface area contributed by atoms with Crippen LogP contribution in [0.5, 0.6) is 0 Å². The molecule has 19 heavy (non-hydrogen) atoms. The fourth-order valence-electron chi connectivity index (χ4n) is 1.42. The second kappa shape index (κ2) is 5.71. The molecule has 0 saturated carbocycles. The minimum absolute atomic E-state index is 0.365. The molecular formula is C8H12F3NO6S. The topological polar surface area (TPSA) is 116 Å². The summed E-state index contributed by atoms with van der Waals surface area (Å²) >= 11 is 0. The molecule has 0 aromatic carbocycles. The zero-order valence-electron chi connectivity index (χ0n) is 9.36. The van der Waals surface area contributed by atoms with Crippen molar-refractivity contribution < 1.29 is 41.6 Å². The minimum atomic E-state index is -5.69. The number of aliphatic hydroxyl groups is 3. The van der Waals surface area contributed by atoms with Crippen LogP contribution in [-0.4, -0.2) is 67.0 Å². The van der Waals surface area contributed by atoms with Crippen LogP contribution < -0.4 is 0 Å². The predicted molar refractivity (Wildman–Crippen MR) is 55.8 cm³/mol. The summed E-state index contributed by atoms with van der Waals surface area (Å²) in [6.45, 7) is -0.969. The smallest absolute Gasteiger partial charge is 0.394 e. The molecule has 1 heterocycles. The zero-order chi connectivity index (χ0) is 14.8. The number of aliphatic hydroxyl groups excluding tert-OH is 3. The third kappa shape index (κ3) is 3.63. The first-order chi connectivity index (χ1) is 8.60. The summed E-state index contributed by atoms with van der Waals surface area (Å²) < 4.78 is 64.6. The van der Waals surface area contributed by atoms with Gasteiger partial charge in [-0.05, 0) is 0 Å². The molecule has 0 spiro atoms. The van der Waals surface area contributed by atoms with Gasteiger partial charge in [-0.2, -0.15) is 26.0 Å². The Labute approximate surface area is 106 Å². The summed E-state index contributed by atoms with van der Waals surface area (Å²) in [6, 6.07) is 0. The second-order valence-corrected chi connectivity index (χ2v) is 5.50. The van der Waals surface area contributed by atoms with E-state index in [4.69, 9.17) is 9.84 Å². The third-order valence-electron chi connectivity index (χ3n) is 2.54. The molecule has 7 nitrogen and oxygen atoms in total. The summed E-state index contributed by atoms with van der Waals surface area (Å²) in [4.78, 5) is 0. The van der Waals surface area contributed by atoms with Gasteiger partial charge in [0.15, 0.2) is 0 Å². The van der Waals surface area contributed by atoms with E-state index in [2.05, 4.69) is 4.40 Å². The molecule has 1 rings (SSSR count). The van der Waals surface area contributed by atoms with Gasteiger partial charge < -0.3 is 20.1 Å². The number of nitrogens with zero attached hydrogens (tertiary/aromatic N) is 1. The molecule has 0 bridgehead atoms. The molecule has 3 N–H and O–H groups in total.